The molecule has 1 aromatic carbocycles. The molecule has 1 saturated heterocycles. The molecule has 2 amide bonds. The summed E-state index contributed by atoms with van der Waals surface area (Å²) in [5, 5.41) is 5.25. The summed E-state index contributed by atoms with van der Waals surface area (Å²) in [6.07, 6.45) is 4.41. The molecule has 0 bridgehead atoms. The number of hydrogen-bond donors (Lipinski definition) is 2. The van der Waals surface area contributed by atoms with Gasteiger partial charge in [-0.05, 0) is 37.5 Å². The normalized spacial score (nSPS) is 19.3. The van der Waals surface area contributed by atoms with Gasteiger partial charge in [-0.1, -0.05) is 12.8 Å². The summed E-state index contributed by atoms with van der Waals surface area (Å²) in [5.74, 6) is -1.04. The lowest BCUT2D eigenvalue weighted by Gasteiger charge is -2.19. The van der Waals surface area contributed by atoms with Crippen molar-refractivity contribution in [2.24, 2.45) is 0 Å². The van der Waals surface area contributed by atoms with Crippen molar-refractivity contribution in [1.82, 2.24) is 5.32 Å². The molecule has 1 heterocycles. The van der Waals surface area contributed by atoms with Crippen LogP contribution in [0.3, 0.4) is 0 Å². The van der Waals surface area contributed by atoms with Crippen LogP contribution in [0.15, 0.2) is 18.2 Å². The van der Waals surface area contributed by atoms with E-state index in [0.29, 0.717) is 24.4 Å². The molecule has 1 aliphatic carbocycles. The Labute approximate surface area is 152 Å². The van der Waals surface area contributed by atoms with Crippen molar-refractivity contribution >= 4 is 33.2 Å². The zero-order valence-electron chi connectivity index (χ0n) is 14.7. The maximum Gasteiger partial charge on any atom is 0.313 e. The predicted molar refractivity (Wildman–Crippen MR) is 97.8 cm³/mol. The standard InChI is InChI=1S/C17H23N3O5S/c1-25-15-8-7-13(20-9-4-10-26(20,23)24)11-14(15)19-17(22)16(21)18-12-5-2-3-6-12/h7-8,11-12H,2-6,9-10H2,1H3,(H,18,21)(H,19,22). The number of hydrogen-bond acceptors (Lipinski definition) is 5. The molecule has 1 aliphatic heterocycles. The largest absolute Gasteiger partial charge is 0.495 e. The Kier molecular flexibility index (Phi) is 5.36. The van der Waals surface area contributed by atoms with Gasteiger partial charge < -0.3 is 15.4 Å². The molecule has 0 spiro atoms. The Hall–Kier alpha value is -2.29. The second-order valence-corrected chi connectivity index (χ2v) is 8.55. The van der Waals surface area contributed by atoms with E-state index >= 15 is 0 Å². The molecule has 0 radical (unpaired) electrons. The van der Waals surface area contributed by atoms with Crippen molar-refractivity contribution in [2.75, 3.05) is 29.0 Å². The first-order valence-corrected chi connectivity index (χ1v) is 10.3. The lowest BCUT2D eigenvalue weighted by Crippen LogP contribution is -2.40. The van der Waals surface area contributed by atoms with Gasteiger partial charge in [0.05, 0.1) is 24.2 Å². The van der Waals surface area contributed by atoms with Crippen LogP contribution in [0.25, 0.3) is 0 Å². The molecule has 1 saturated carbocycles. The first-order valence-electron chi connectivity index (χ1n) is 8.71. The van der Waals surface area contributed by atoms with E-state index in [1.54, 1.807) is 12.1 Å². The smallest absolute Gasteiger partial charge is 0.313 e. The summed E-state index contributed by atoms with van der Waals surface area (Å²) in [5.41, 5.74) is 0.702. The second kappa shape index (κ2) is 7.53. The van der Waals surface area contributed by atoms with Crippen molar-refractivity contribution in [2.45, 2.75) is 38.1 Å². The maximum atomic E-state index is 12.2. The highest BCUT2D eigenvalue weighted by molar-refractivity contribution is 7.93. The highest BCUT2D eigenvalue weighted by Gasteiger charge is 2.29. The zero-order valence-corrected chi connectivity index (χ0v) is 15.5. The van der Waals surface area contributed by atoms with Gasteiger partial charge in [0.2, 0.25) is 10.0 Å². The number of carbonyl (C=O) groups excluding carboxylic acids is 2. The van der Waals surface area contributed by atoms with Crippen LogP contribution in [0.2, 0.25) is 0 Å². The summed E-state index contributed by atoms with van der Waals surface area (Å²) in [7, 11) is -1.90. The molecular weight excluding hydrogens is 358 g/mol. The summed E-state index contributed by atoms with van der Waals surface area (Å²) < 4.78 is 30.7. The van der Waals surface area contributed by atoms with Crippen LogP contribution in [0.1, 0.15) is 32.1 Å². The molecule has 2 fully saturated rings. The molecule has 0 unspecified atom stereocenters. The van der Waals surface area contributed by atoms with Gasteiger partial charge in [0.1, 0.15) is 5.75 Å². The Morgan fingerprint density at radius 3 is 2.50 bits per heavy atom. The van der Waals surface area contributed by atoms with Crippen molar-refractivity contribution in [3.05, 3.63) is 18.2 Å². The number of benzene rings is 1. The monoisotopic (exact) mass is 381 g/mol. The molecular formula is C17H23N3O5S. The lowest BCUT2D eigenvalue weighted by molar-refractivity contribution is -0.136. The minimum absolute atomic E-state index is 0.0382. The van der Waals surface area contributed by atoms with Crippen molar-refractivity contribution in [1.29, 1.82) is 0 Å². The quantitative estimate of drug-likeness (QED) is 0.764. The van der Waals surface area contributed by atoms with E-state index in [4.69, 9.17) is 4.74 Å². The number of rotatable bonds is 4. The average Bonchev–Trinajstić information content (AvgIpc) is 3.23. The van der Waals surface area contributed by atoms with Crippen molar-refractivity contribution < 1.29 is 22.7 Å². The van der Waals surface area contributed by atoms with Gasteiger partial charge in [0.15, 0.2) is 0 Å². The van der Waals surface area contributed by atoms with Crippen LogP contribution in [0, 0.1) is 0 Å². The number of methoxy groups -OCH3 is 1. The number of nitrogens with zero attached hydrogens (tertiary/aromatic N) is 1. The van der Waals surface area contributed by atoms with E-state index in [1.807, 2.05) is 0 Å². The molecule has 0 aromatic heterocycles. The number of amides is 2. The van der Waals surface area contributed by atoms with E-state index < -0.39 is 21.8 Å². The molecule has 2 N–H and O–H groups in total. The van der Waals surface area contributed by atoms with E-state index in [9.17, 15) is 18.0 Å². The highest BCUT2D eigenvalue weighted by Crippen LogP contribution is 2.32. The maximum absolute atomic E-state index is 12.2. The minimum atomic E-state index is -3.34. The van der Waals surface area contributed by atoms with Gasteiger partial charge in [-0.2, -0.15) is 0 Å². The lowest BCUT2D eigenvalue weighted by atomic mass is 10.2. The third kappa shape index (κ3) is 3.92. The summed E-state index contributed by atoms with van der Waals surface area (Å²) in [4.78, 5) is 24.3. The fraction of sp³-hybridized carbons (Fsp3) is 0.529. The number of carbonyl (C=O) groups is 2. The molecule has 26 heavy (non-hydrogen) atoms. The minimum Gasteiger partial charge on any atom is -0.495 e. The van der Waals surface area contributed by atoms with Gasteiger partial charge in [0.25, 0.3) is 0 Å². The van der Waals surface area contributed by atoms with Crippen molar-refractivity contribution in [3.63, 3.8) is 0 Å². The van der Waals surface area contributed by atoms with Crippen LogP contribution < -0.4 is 19.7 Å². The van der Waals surface area contributed by atoms with Crippen LogP contribution in [-0.4, -0.2) is 45.7 Å². The van der Waals surface area contributed by atoms with Gasteiger partial charge in [-0.3, -0.25) is 13.9 Å². The number of anilines is 2. The summed E-state index contributed by atoms with van der Waals surface area (Å²) in [6, 6.07) is 4.75. The van der Waals surface area contributed by atoms with E-state index in [1.165, 1.54) is 17.5 Å². The van der Waals surface area contributed by atoms with Crippen LogP contribution in [-0.2, 0) is 19.6 Å². The molecule has 142 valence electrons. The zero-order chi connectivity index (χ0) is 18.7. The Bertz CT molecular complexity index is 803. The Balaban J connectivity index is 1.76. The Morgan fingerprint density at radius 1 is 1.15 bits per heavy atom. The van der Waals surface area contributed by atoms with E-state index in [2.05, 4.69) is 10.6 Å². The van der Waals surface area contributed by atoms with Crippen molar-refractivity contribution in [3.8, 4) is 5.75 Å². The SMILES string of the molecule is COc1ccc(N2CCCS2(=O)=O)cc1NC(=O)C(=O)NC1CCCC1. The van der Waals surface area contributed by atoms with Crippen LogP contribution in [0.5, 0.6) is 5.75 Å². The topological polar surface area (TPSA) is 105 Å². The van der Waals surface area contributed by atoms with Gasteiger partial charge >= 0.3 is 11.8 Å². The highest BCUT2D eigenvalue weighted by atomic mass is 32.2. The summed E-state index contributed by atoms with van der Waals surface area (Å²) >= 11 is 0. The molecule has 3 rings (SSSR count). The van der Waals surface area contributed by atoms with Gasteiger partial charge in [-0.15, -0.1) is 0 Å². The Morgan fingerprint density at radius 2 is 1.88 bits per heavy atom. The average molecular weight is 381 g/mol. The van der Waals surface area contributed by atoms with E-state index in [-0.39, 0.29) is 17.5 Å². The summed E-state index contributed by atoms with van der Waals surface area (Å²) in [6.45, 7) is 0.393. The predicted octanol–water partition coefficient (Wildman–Crippen LogP) is 1.23. The molecule has 9 heteroatoms. The molecule has 1 aromatic rings. The van der Waals surface area contributed by atoms with E-state index in [0.717, 1.165) is 25.7 Å². The van der Waals surface area contributed by atoms with Crippen LogP contribution in [0.4, 0.5) is 11.4 Å². The second-order valence-electron chi connectivity index (χ2n) is 6.54. The molecule has 2 aliphatic rings. The first kappa shape index (κ1) is 18.5. The number of sulfonamides is 1. The first-order chi connectivity index (χ1) is 12.4. The molecule has 0 atom stereocenters. The fourth-order valence-electron chi connectivity index (χ4n) is 3.38. The fourth-order valence-corrected chi connectivity index (χ4v) is 4.93. The third-order valence-electron chi connectivity index (χ3n) is 4.72. The van der Waals surface area contributed by atoms with Gasteiger partial charge in [-0.25, -0.2) is 8.42 Å². The van der Waals surface area contributed by atoms with Crippen LogP contribution >= 0.6 is 0 Å². The number of ether oxygens (including phenoxy) is 1. The third-order valence-corrected chi connectivity index (χ3v) is 6.58. The van der Waals surface area contributed by atoms with Gasteiger partial charge in [0, 0.05) is 12.6 Å². The molecule has 8 nitrogen and oxygen atoms in total. The number of nitrogens with one attached hydrogen (secondary N) is 2.